The molecule has 0 aromatic rings. The van der Waals surface area contributed by atoms with E-state index in [1.165, 1.54) is 0 Å². The molecule has 9 heavy (non-hydrogen) atoms. The van der Waals surface area contributed by atoms with Gasteiger partial charge in [-0.15, -0.1) is 0 Å². The van der Waals surface area contributed by atoms with E-state index < -0.39 is 20.6 Å². The van der Waals surface area contributed by atoms with Crippen LogP contribution >= 0.6 is 0 Å². The van der Waals surface area contributed by atoms with Gasteiger partial charge in [-0.2, -0.15) is 0 Å². The molecule has 0 atom stereocenters. The Balaban J connectivity index is -0.00000000450. The van der Waals surface area contributed by atoms with Crippen molar-refractivity contribution < 1.29 is 26.4 Å². The van der Waals surface area contributed by atoms with Gasteiger partial charge in [0.05, 0.1) is 0 Å². The average Bonchev–Trinajstić information content (AvgIpc) is 0.811. The second kappa shape index (κ2) is 31.5. The van der Waals surface area contributed by atoms with E-state index in [1.807, 2.05) is 0 Å². The monoisotopic (exact) mass is 270 g/mol. The zero-order valence-electron chi connectivity index (χ0n) is 5.30. The summed E-state index contributed by atoms with van der Waals surface area (Å²) < 4.78 is 23.3. The first-order valence-corrected chi connectivity index (χ1v) is 4.37. The van der Waals surface area contributed by atoms with E-state index >= 15 is 0 Å². The van der Waals surface area contributed by atoms with Crippen molar-refractivity contribution in [3.8, 4) is 0 Å². The summed E-state index contributed by atoms with van der Waals surface area (Å²) >= 11 is -3.79. The first-order chi connectivity index (χ1) is 1.73. The topological polar surface area (TPSA) is 152 Å². The summed E-state index contributed by atoms with van der Waals surface area (Å²) in [4.78, 5) is 0. The van der Waals surface area contributed by atoms with E-state index in [2.05, 4.69) is 0 Å². The van der Waals surface area contributed by atoms with Crippen LogP contribution in [0.25, 0.3) is 0 Å². The molecule has 0 saturated carbocycles. The Labute approximate surface area is 104 Å². The van der Waals surface area contributed by atoms with Crippen molar-refractivity contribution in [2.24, 2.45) is 0 Å². The Morgan fingerprint density at radius 2 is 0.889 bits per heavy atom. The van der Waals surface area contributed by atoms with Crippen molar-refractivity contribution >= 4 is 79.7 Å². The van der Waals surface area contributed by atoms with Crippen LogP contribution in [0.5, 0.6) is 0 Å². The van der Waals surface area contributed by atoms with Gasteiger partial charge >= 0.3 is 30.5 Å². The summed E-state index contributed by atoms with van der Waals surface area (Å²) in [5, 5.41) is 0. The molecule has 0 saturated heterocycles. The second-order valence-electron chi connectivity index (χ2n) is 0.283. The van der Waals surface area contributed by atoms with Crippen LogP contribution in [0.4, 0.5) is 0 Å². The molecule has 0 fully saturated rings. The Kier molecular flexibility index (Phi) is 148. The molecule has 9 heteroatoms. The molecule has 0 heterocycles. The van der Waals surface area contributed by atoms with Gasteiger partial charge in [0.1, 0.15) is 0 Å². The van der Waals surface area contributed by atoms with Crippen LogP contribution in [-0.2, 0) is 3.08 Å². The third-order valence-corrected chi connectivity index (χ3v) is 0. The average molecular weight is 269 g/mol. The standard InChI is InChI=1S/2Na.5H2O.O.Sn/h;;5*1H2;;/q;;;;;;;;+2/p-2. The molecule has 0 aliphatic carbocycles. The maximum absolute atomic E-state index is 8.84. The van der Waals surface area contributed by atoms with Gasteiger partial charge < -0.3 is 16.4 Å². The Bertz CT molecular complexity index is 34.0. The molecule has 50 valence electrons. The summed E-state index contributed by atoms with van der Waals surface area (Å²) in [7, 11) is 0. The molecular weight excluding hydrogens is 261 g/mol. The van der Waals surface area contributed by atoms with Gasteiger partial charge in [0, 0.05) is 59.1 Å². The molecule has 0 aromatic carbocycles. The van der Waals surface area contributed by atoms with Crippen molar-refractivity contribution in [2.75, 3.05) is 0 Å². The van der Waals surface area contributed by atoms with Crippen LogP contribution in [0.15, 0.2) is 0 Å². The fourth-order valence-corrected chi connectivity index (χ4v) is 0. The minimum absolute atomic E-state index is 0. The number of hydrogen-bond donors (Lipinski definition) is 2. The van der Waals surface area contributed by atoms with E-state index in [9.17, 15) is 0 Å². The normalized spacial score (nSPS) is 2.89. The summed E-state index contributed by atoms with van der Waals surface area (Å²) in [5.74, 6) is 0. The fraction of sp³-hybridized carbons (Fsp3) is 0. The molecule has 0 aliphatic rings. The molecule has 8 N–H and O–H groups in total. The van der Waals surface area contributed by atoms with Gasteiger partial charge in [0.25, 0.3) is 0 Å². The fourth-order valence-electron chi connectivity index (χ4n) is 0. The molecule has 0 aliphatic heterocycles. The molecular formula is H8Na2O6Sn. The van der Waals surface area contributed by atoms with Gasteiger partial charge in [0.2, 0.25) is 0 Å². The summed E-state index contributed by atoms with van der Waals surface area (Å²) in [5.41, 5.74) is 0. The van der Waals surface area contributed by atoms with Crippen molar-refractivity contribution in [3.05, 3.63) is 0 Å². The summed E-state index contributed by atoms with van der Waals surface area (Å²) in [6.45, 7) is 0. The molecule has 0 rings (SSSR count). The third kappa shape index (κ3) is 127. The zero-order valence-corrected chi connectivity index (χ0v) is 12.2. The predicted molar refractivity (Wildman–Crippen MR) is 33.2 cm³/mol. The van der Waals surface area contributed by atoms with E-state index in [4.69, 9.17) is 9.96 Å². The molecule has 0 amide bonds. The first-order valence-electron chi connectivity index (χ1n) is 0.651. The van der Waals surface area contributed by atoms with Crippen molar-refractivity contribution in [1.29, 1.82) is 0 Å². The Morgan fingerprint density at radius 1 is 0.889 bits per heavy atom. The first kappa shape index (κ1) is 42.3. The van der Waals surface area contributed by atoms with Gasteiger partial charge in [-0.1, -0.05) is 0 Å². The second-order valence-corrected chi connectivity index (χ2v) is 1.90. The van der Waals surface area contributed by atoms with Crippen molar-refractivity contribution in [3.63, 3.8) is 0 Å². The van der Waals surface area contributed by atoms with Crippen molar-refractivity contribution in [2.45, 2.75) is 0 Å². The van der Waals surface area contributed by atoms with Crippen molar-refractivity contribution in [1.82, 2.24) is 0 Å². The van der Waals surface area contributed by atoms with Crippen LogP contribution in [0.3, 0.4) is 0 Å². The van der Waals surface area contributed by atoms with Gasteiger partial charge in [-0.25, -0.2) is 0 Å². The SMILES string of the molecule is O.O.O.[Na].[Na].[O]=[Sn]([OH])[OH]. The van der Waals surface area contributed by atoms with E-state index in [0.29, 0.717) is 0 Å². The minimum atomic E-state index is -3.79. The molecule has 0 bridgehead atoms. The molecule has 6 nitrogen and oxygen atoms in total. The number of rotatable bonds is 0. The van der Waals surface area contributed by atoms with Gasteiger partial charge in [-0.3, -0.25) is 0 Å². The summed E-state index contributed by atoms with van der Waals surface area (Å²) in [6.07, 6.45) is 0. The third-order valence-electron chi connectivity index (χ3n) is 0. The van der Waals surface area contributed by atoms with E-state index in [1.54, 1.807) is 0 Å². The predicted octanol–water partition coefficient (Wildman–Crippen LogP) is -4.85. The van der Waals surface area contributed by atoms with Crippen LogP contribution in [0, 0.1) is 0 Å². The molecule has 2 radical (unpaired) electrons. The molecule has 0 spiro atoms. The van der Waals surface area contributed by atoms with Crippen LogP contribution in [-0.4, -0.2) is 103 Å². The molecule has 0 unspecified atom stereocenters. The van der Waals surface area contributed by atoms with Crippen LogP contribution in [0.2, 0.25) is 0 Å². The zero-order chi connectivity index (χ0) is 3.58. The maximum atomic E-state index is 8.84. The summed E-state index contributed by atoms with van der Waals surface area (Å²) in [6, 6.07) is 0. The van der Waals surface area contributed by atoms with Crippen LogP contribution < -0.4 is 0 Å². The Morgan fingerprint density at radius 3 is 0.889 bits per heavy atom. The Hall–Kier alpha value is 2.40. The van der Waals surface area contributed by atoms with Gasteiger partial charge in [-0.05, 0) is 0 Å². The van der Waals surface area contributed by atoms with Crippen LogP contribution in [0.1, 0.15) is 0 Å². The van der Waals surface area contributed by atoms with Gasteiger partial charge in [0.15, 0.2) is 0 Å². The number of hydrogen-bond acceptors (Lipinski definition) is 1. The quantitative estimate of drug-likeness (QED) is 0.424. The van der Waals surface area contributed by atoms with E-state index in [0.717, 1.165) is 0 Å². The van der Waals surface area contributed by atoms with E-state index in [-0.39, 0.29) is 75.5 Å². The molecule has 0 aromatic heterocycles.